The predicted octanol–water partition coefficient (Wildman–Crippen LogP) is 5.26. The van der Waals surface area contributed by atoms with Crippen LogP contribution < -0.4 is 0 Å². The van der Waals surface area contributed by atoms with E-state index in [0.717, 1.165) is 5.56 Å². The van der Waals surface area contributed by atoms with Crippen LogP contribution in [0, 0.1) is 17.1 Å². The minimum atomic E-state index is -3.88. The van der Waals surface area contributed by atoms with E-state index in [2.05, 4.69) is 0 Å². The van der Waals surface area contributed by atoms with Crippen LogP contribution in [0.25, 0.3) is 5.76 Å². The molecule has 1 aliphatic rings. The Bertz CT molecular complexity index is 1280. The second-order valence-corrected chi connectivity index (χ2v) is 9.76. The zero-order valence-corrected chi connectivity index (χ0v) is 17.7. The van der Waals surface area contributed by atoms with Gasteiger partial charge in [0.1, 0.15) is 17.2 Å². The quantitative estimate of drug-likeness (QED) is 0.550. The first-order chi connectivity index (χ1) is 14.8. The first-order valence-electron chi connectivity index (χ1n) is 9.78. The Balaban J connectivity index is 1.78. The molecule has 0 N–H and O–H groups in total. The van der Waals surface area contributed by atoms with Gasteiger partial charge in [0.2, 0.25) is 9.84 Å². The van der Waals surface area contributed by atoms with Gasteiger partial charge in [-0.05, 0) is 61.0 Å². The number of sulfone groups is 1. The number of rotatable bonds is 5. The molecule has 0 aromatic heterocycles. The van der Waals surface area contributed by atoms with Gasteiger partial charge in [-0.2, -0.15) is 5.26 Å². The molecule has 4 nitrogen and oxygen atoms in total. The number of halogens is 1. The largest absolute Gasteiger partial charge is 0.485 e. The van der Waals surface area contributed by atoms with E-state index in [1.807, 2.05) is 43.3 Å². The Kier molecular flexibility index (Phi) is 5.38. The van der Waals surface area contributed by atoms with Crippen LogP contribution in [0.3, 0.4) is 0 Å². The third-order valence-electron chi connectivity index (χ3n) is 5.28. The summed E-state index contributed by atoms with van der Waals surface area (Å²) in [5, 5.41) is 9.01. The smallest absolute Gasteiger partial charge is 0.206 e. The second-order valence-electron chi connectivity index (χ2n) is 7.79. The summed E-state index contributed by atoms with van der Waals surface area (Å²) in [6.45, 7) is 1.88. The van der Waals surface area contributed by atoms with E-state index in [-0.39, 0.29) is 22.0 Å². The lowest BCUT2D eigenvalue weighted by atomic mass is 9.94. The van der Waals surface area contributed by atoms with Crippen molar-refractivity contribution in [3.63, 3.8) is 0 Å². The molecule has 0 radical (unpaired) electrons. The van der Waals surface area contributed by atoms with E-state index in [1.54, 1.807) is 0 Å². The maximum Gasteiger partial charge on any atom is 0.206 e. The summed E-state index contributed by atoms with van der Waals surface area (Å²) in [5.74, 6) is -0.173. The standard InChI is InChI=1S/C25H20FNO3S/c1-25(15-18-5-3-2-4-6-18)16-23(24(30-25)20-9-11-21(26)12-10-20)31(28,29)22-13-7-19(17-27)8-14-22/h2-14H,15-16H2,1H3. The first-order valence-corrected chi connectivity index (χ1v) is 11.3. The highest BCUT2D eigenvalue weighted by Gasteiger charge is 2.43. The van der Waals surface area contributed by atoms with E-state index in [4.69, 9.17) is 10.00 Å². The summed E-state index contributed by atoms with van der Waals surface area (Å²) >= 11 is 0. The molecule has 31 heavy (non-hydrogen) atoms. The van der Waals surface area contributed by atoms with Gasteiger partial charge < -0.3 is 4.74 Å². The highest BCUT2D eigenvalue weighted by Crippen LogP contribution is 2.45. The molecule has 0 saturated heterocycles. The Hall–Kier alpha value is -3.43. The molecule has 1 heterocycles. The monoisotopic (exact) mass is 433 g/mol. The van der Waals surface area contributed by atoms with Crippen LogP contribution in [0.5, 0.6) is 0 Å². The van der Waals surface area contributed by atoms with Gasteiger partial charge in [-0.3, -0.25) is 0 Å². The third-order valence-corrected chi connectivity index (χ3v) is 7.15. The number of hydrogen-bond acceptors (Lipinski definition) is 4. The zero-order chi connectivity index (χ0) is 22.1. The fraction of sp³-hybridized carbons (Fsp3) is 0.160. The summed E-state index contributed by atoms with van der Waals surface area (Å²) in [5.41, 5.74) is 1.13. The number of nitriles is 1. The minimum Gasteiger partial charge on any atom is -0.485 e. The van der Waals surface area contributed by atoms with E-state index < -0.39 is 21.3 Å². The van der Waals surface area contributed by atoms with Crippen LogP contribution in [0.15, 0.2) is 88.7 Å². The third kappa shape index (κ3) is 4.23. The Morgan fingerprint density at radius 3 is 2.26 bits per heavy atom. The summed E-state index contributed by atoms with van der Waals surface area (Å²) in [6, 6.07) is 23.1. The van der Waals surface area contributed by atoms with Gasteiger partial charge in [-0.1, -0.05) is 30.3 Å². The molecule has 156 valence electrons. The van der Waals surface area contributed by atoms with E-state index in [9.17, 15) is 12.8 Å². The predicted molar refractivity (Wildman–Crippen MR) is 116 cm³/mol. The van der Waals surface area contributed by atoms with Crippen molar-refractivity contribution in [2.45, 2.75) is 30.3 Å². The van der Waals surface area contributed by atoms with E-state index in [1.165, 1.54) is 48.5 Å². The van der Waals surface area contributed by atoms with Crippen molar-refractivity contribution in [3.05, 3.63) is 106 Å². The fourth-order valence-electron chi connectivity index (χ4n) is 3.77. The van der Waals surface area contributed by atoms with Crippen LogP contribution in [0.2, 0.25) is 0 Å². The van der Waals surface area contributed by atoms with Crippen molar-refractivity contribution >= 4 is 15.6 Å². The van der Waals surface area contributed by atoms with Crippen molar-refractivity contribution < 1.29 is 17.5 Å². The number of benzene rings is 3. The lowest BCUT2D eigenvalue weighted by molar-refractivity contribution is 0.0800. The topological polar surface area (TPSA) is 67.2 Å². The lowest BCUT2D eigenvalue weighted by Crippen LogP contribution is -2.27. The molecular formula is C25H20FNO3S. The average molecular weight is 434 g/mol. The molecule has 6 heteroatoms. The maximum absolute atomic E-state index is 13.5. The van der Waals surface area contributed by atoms with Crippen molar-refractivity contribution in [1.82, 2.24) is 0 Å². The number of nitrogens with zero attached hydrogens (tertiary/aromatic N) is 1. The van der Waals surface area contributed by atoms with Crippen molar-refractivity contribution in [1.29, 1.82) is 5.26 Å². The summed E-state index contributed by atoms with van der Waals surface area (Å²) in [7, 11) is -3.88. The summed E-state index contributed by atoms with van der Waals surface area (Å²) in [6.07, 6.45) is 0.696. The average Bonchev–Trinajstić information content (AvgIpc) is 3.13. The Morgan fingerprint density at radius 2 is 1.65 bits per heavy atom. The minimum absolute atomic E-state index is 0.0914. The second kappa shape index (κ2) is 8.01. The molecule has 0 spiro atoms. The fourth-order valence-corrected chi connectivity index (χ4v) is 5.45. The lowest BCUT2D eigenvalue weighted by Gasteiger charge is -2.25. The molecule has 0 bridgehead atoms. The maximum atomic E-state index is 13.5. The summed E-state index contributed by atoms with van der Waals surface area (Å²) in [4.78, 5) is 0.246. The van der Waals surface area contributed by atoms with Crippen LogP contribution in [0.4, 0.5) is 4.39 Å². The van der Waals surface area contributed by atoms with Gasteiger partial charge in [0.25, 0.3) is 0 Å². The highest BCUT2D eigenvalue weighted by atomic mass is 32.2. The van der Waals surface area contributed by atoms with Gasteiger partial charge >= 0.3 is 0 Å². The molecule has 3 aromatic rings. The van der Waals surface area contributed by atoms with Crippen molar-refractivity contribution in [2.24, 2.45) is 0 Å². The van der Waals surface area contributed by atoms with Gasteiger partial charge in [-0.25, -0.2) is 12.8 Å². The first kappa shape index (κ1) is 20.8. The summed E-state index contributed by atoms with van der Waals surface area (Å²) < 4.78 is 46.8. The van der Waals surface area contributed by atoms with E-state index in [0.29, 0.717) is 17.5 Å². The Morgan fingerprint density at radius 1 is 1.00 bits per heavy atom. The van der Waals surface area contributed by atoms with Crippen molar-refractivity contribution in [2.75, 3.05) is 0 Å². The number of hydrogen-bond donors (Lipinski definition) is 0. The van der Waals surface area contributed by atoms with Gasteiger partial charge in [0.05, 0.1) is 21.4 Å². The van der Waals surface area contributed by atoms with Crippen LogP contribution in [-0.4, -0.2) is 14.0 Å². The SMILES string of the molecule is CC1(Cc2ccccc2)CC(S(=O)(=O)c2ccc(C#N)cc2)=C(c2ccc(F)cc2)O1. The van der Waals surface area contributed by atoms with E-state index >= 15 is 0 Å². The van der Waals surface area contributed by atoms with Crippen LogP contribution in [-0.2, 0) is 21.0 Å². The molecule has 1 aliphatic heterocycles. The van der Waals surface area contributed by atoms with Crippen LogP contribution in [0.1, 0.15) is 30.0 Å². The van der Waals surface area contributed by atoms with Gasteiger partial charge in [-0.15, -0.1) is 0 Å². The zero-order valence-electron chi connectivity index (χ0n) is 16.9. The normalized spacial score (nSPS) is 18.5. The molecule has 0 saturated carbocycles. The Labute approximate surface area is 181 Å². The molecule has 1 unspecified atom stereocenters. The molecule has 4 rings (SSSR count). The highest BCUT2D eigenvalue weighted by molar-refractivity contribution is 7.95. The molecule has 0 amide bonds. The molecule has 0 aliphatic carbocycles. The van der Waals surface area contributed by atoms with Gasteiger partial charge in [0.15, 0.2) is 0 Å². The van der Waals surface area contributed by atoms with Crippen LogP contribution >= 0.6 is 0 Å². The van der Waals surface area contributed by atoms with Gasteiger partial charge in [0, 0.05) is 18.4 Å². The molecular weight excluding hydrogens is 413 g/mol. The molecule has 0 fully saturated rings. The van der Waals surface area contributed by atoms with Crippen molar-refractivity contribution in [3.8, 4) is 6.07 Å². The number of ether oxygens (including phenoxy) is 1. The molecule has 1 atom stereocenters. The molecule has 3 aromatic carbocycles.